The van der Waals surface area contributed by atoms with Gasteiger partial charge >= 0.3 is 59.1 Å². The summed E-state index contributed by atoms with van der Waals surface area (Å²) in [5, 5.41) is 5.16. The van der Waals surface area contributed by atoms with Crippen LogP contribution in [0.2, 0.25) is 13.1 Å². The van der Waals surface area contributed by atoms with Crippen molar-refractivity contribution in [3.05, 3.63) is 141 Å². The average Bonchev–Trinajstić information content (AvgIpc) is 4.08. The van der Waals surface area contributed by atoms with E-state index in [9.17, 15) is 0 Å². The third-order valence-electron chi connectivity index (χ3n) is 9.61. The van der Waals surface area contributed by atoms with Crippen molar-refractivity contribution in [1.29, 1.82) is 0 Å². The molecule has 308 valence electrons. The van der Waals surface area contributed by atoms with Crippen LogP contribution < -0.4 is 68.8 Å². The van der Waals surface area contributed by atoms with Crippen LogP contribution in [-0.2, 0) is 18.9 Å². The molecule has 4 aromatic carbocycles. The monoisotopic (exact) mass is 838 g/mol. The summed E-state index contributed by atoms with van der Waals surface area (Å²) in [5.74, 6) is 1.71. The van der Waals surface area contributed by atoms with Crippen molar-refractivity contribution in [2.24, 2.45) is 0 Å². The van der Waals surface area contributed by atoms with E-state index in [4.69, 9.17) is 29.2 Å². The number of ether oxygens (including phenoxy) is 4. The summed E-state index contributed by atoms with van der Waals surface area (Å²) in [4.78, 5) is 9.03. The number of hydrogen-bond acceptors (Lipinski definition) is 4. The molecule has 0 unspecified atom stereocenters. The maximum Gasteiger partial charge on any atom is 1.00 e. The zero-order valence-corrected chi connectivity index (χ0v) is 42.6. The zero-order chi connectivity index (χ0) is 40.6. The maximum atomic E-state index is 5.36. The predicted molar refractivity (Wildman–Crippen MR) is 239 cm³/mol. The fourth-order valence-electron chi connectivity index (χ4n) is 6.38. The number of rotatable bonds is 6. The molecule has 8 rings (SSSR count). The molecule has 0 saturated carbocycles. The molecule has 4 aliphatic heterocycles. The number of aryl methyl sites for hydroxylation is 4. The van der Waals surface area contributed by atoms with Gasteiger partial charge in [0.25, 0.3) is 8.40 Å². The first kappa shape index (κ1) is 53.0. The van der Waals surface area contributed by atoms with Gasteiger partial charge in [-0.05, 0) is 114 Å². The van der Waals surface area contributed by atoms with Crippen LogP contribution in [0.1, 0.15) is 84.7 Å². The van der Waals surface area contributed by atoms with Gasteiger partial charge in [0.2, 0.25) is 0 Å². The molecule has 2 N–H and O–H groups in total. The predicted octanol–water partition coefficient (Wildman–Crippen LogP) is 2.58. The summed E-state index contributed by atoms with van der Waals surface area (Å²) in [5.41, 5.74) is 8.89. The average molecular weight is 839 g/mol. The Labute approximate surface area is 401 Å². The summed E-state index contributed by atoms with van der Waals surface area (Å²) in [6.45, 7) is 20.9. The Hall–Kier alpha value is -2.12. The van der Waals surface area contributed by atoms with Gasteiger partial charge in [0.15, 0.2) is 0 Å². The first-order valence-corrected chi connectivity index (χ1v) is 24.0. The van der Waals surface area contributed by atoms with Crippen LogP contribution in [0.5, 0.6) is 0 Å². The molecule has 0 aromatic heterocycles. The standard InChI is InChI=1S/C32H34N4Si.4C4H8O.2Na/c1-23-15-13-16-24(2)29(23)33-31(27-19-9-7-10-20-27)35-37(5,6)36-32(28-21-11-8-12-22-28)34-30-25(3)17-14-18-26(30)4;4*1-2-4-5-3-1;;/h7-22H,1-6H3;4*1-4H2;;/q-2;;;;;2*+1/p+2. The molecule has 8 nitrogen and oxygen atoms in total. The summed E-state index contributed by atoms with van der Waals surface area (Å²) in [7, 11) is -2.43. The van der Waals surface area contributed by atoms with Crippen molar-refractivity contribution < 1.29 is 87.7 Å². The van der Waals surface area contributed by atoms with Gasteiger partial charge in [0.05, 0.1) is 5.69 Å². The van der Waals surface area contributed by atoms with Gasteiger partial charge < -0.3 is 28.6 Å². The SMILES string of the molecule is C1CCOC1.C1CCOC1.C1CCOC1.C1CCOC1.Cc1cccc(C)c1[N-]/C(=[NH+]/[Si](C)(C)[N-]C(=[NH+]c1c(C)cccc1C)c1ccccc1)c1ccccc1.[Na+].[Na+]. The quantitative estimate of drug-likeness (QED) is 0.178. The largest absolute Gasteiger partial charge is 1.00 e. The van der Waals surface area contributed by atoms with E-state index in [1.165, 1.54) is 62.5 Å². The van der Waals surface area contributed by atoms with Crippen LogP contribution in [0.3, 0.4) is 0 Å². The van der Waals surface area contributed by atoms with Gasteiger partial charge in [0.1, 0.15) is 11.7 Å². The Balaban J connectivity index is 0.000000438. The first-order valence-electron chi connectivity index (χ1n) is 21.0. The van der Waals surface area contributed by atoms with Gasteiger partial charge in [-0.15, -0.1) is 0 Å². The van der Waals surface area contributed by atoms with Crippen molar-refractivity contribution in [3.63, 3.8) is 0 Å². The molecule has 0 radical (unpaired) electrons. The molecule has 0 spiro atoms. The minimum absolute atomic E-state index is 0. The molecule has 0 bridgehead atoms. The molecule has 4 aromatic rings. The smallest absolute Gasteiger partial charge is 0.381 e. The molecule has 4 fully saturated rings. The summed E-state index contributed by atoms with van der Waals surface area (Å²) in [6, 6.07) is 33.3. The third-order valence-corrected chi connectivity index (χ3v) is 11.2. The van der Waals surface area contributed by atoms with E-state index in [0.717, 1.165) is 98.2 Å². The molecule has 4 heterocycles. The topological polar surface area (TPSA) is 93.1 Å². The van der Waals surface area contributed by atoms with E-state index in [1.807, 2.05) is 24.3 Å². The van der Waals surface area contributed by atoms with E-state index < -0.39 is 8.40 Å². The van der Waals surface area contributed by atoms with Crippen molar-refractivity contribution in [2.45, 2.75) is 92.2 Å². The van der Waals surface area contributed by atoms with Crippen molar-refractivity contribution in [2.75, 3.05) is 52.9 Å². The molecule has 4 saturated heterocycles. The summed E-state index contributed by atoms with van der Waals surface area (Å²) < 4.78 is 23.6. The minimum atomic E-state index is -2.43. The van der Waals surface area contributed by atoms with Gasteiger partial charge in [0, 0.05) is 69.7 Å². The number of para-hydroxylation sites is 2. The van der Waals surface area contributed by atoms with Crippen LogP contribution in [-0.4, -0.2) is 72.9 Å². The Kier molecular flexibility index (Phi) is 27.7. The fraction of sp³-hybridized carbons (Fsp3) is 0.458. The second kappa shape index (κ2) is 30.8. The van der Waals surface area contributed by atoms with Crippen LogP contribution in [0.15, 0.2) is 97.1 Å². The van der Waals surface area contributed by atoms with E-state index >= 15 is 0 Å². The number of benzene rings is 4. The molecule has 59 heavy (non-hydrogen) atoms. The Morgan fingerprint density at radius 2 is 0.797 bits per heavy atom. The van der Waals surface area contributed by atoms with Crippen LogP contribution in [0.4, 0.5) is 11.4 Å². The van der Waals surface area contributed by atoms with Crippen molar-refractivity contribution >= 4 is 31.4 Å². The van der Waals surface area contributed by atoms with Gasteiger partial charge in [-0.1, -0.05) is 97.1 Å². The molecular weight excluding hydrogens is 771 g/mol. The normalized spacial score (nSPS) is 15.9. The molecule has 0 amide bonds. The second-order valence-electron chi connectivity index (χ2n) is 15.2. The molecule has 4 aliphatic rings. The Morgan fingerprint density at radius 3 is 1.14 bits per heavy atom. The van der Waals surface area contributed by atoms with Crippen molar-refractivity contribution in [1.82, 2.24) is 0 Å². The number of nitrogens with zero attached hydrogens (tertiary/aromatic N) is 2. The number of nitrogens with one attached hydrogen (secondary N) is 2. The Morgan fingerprint density at radius 1 is 0.458 bits per heavy atom. The van der Waals surface area contributed by atoms with Gasteiger partial charge in [-0.3, -0.25) is 4.98 Å². The fourth-order valence-corrected chi connectivity index (χ4v) is 7.96. The maximum absolute atomic E-state index is 5.36. The van der Waals surface area contributed by atoms with E-state index in [0.29, 0.717) is 0 Å². The zero-order valence-electron chi connectivity index (χ0n) is 37.6. The van der Waals surface area contributed by atoms with E-state index in [2.05, 4.69) is 123 Å². The molecule has 0 aliphatic carbocycles. The number of hydrogen-bond donors (Lipinski definition) is 2. The Bertz CT molecular complexity index is 1670. The van der Waals surface area contributed by atoms with Gasteiger partial charge in [-0.25, -0.2) is 5.32 Å². The van der Waals surface area contributed by atoms with Crippen LogP contribution in [0, 0.1) is 27.7 Å². The molecule has 0 atom stereocenters. The van der Waals surface area contributed by atoms with Crippen LogP contribution >= 0.6 is 0 Å². The van der Waals surface area contributed by atoms with Gasteiger partial charge in [-0.2, -0.15) is 0 Å². The molecular formula is C48H68N4Na2O4Si+2. The summed E-state index contributed by atoms with van der Waals surface area (Å²) in [6.07, 6.45) is 10.2. The minimum Gasteiger partial charge on any atom is -0.381 e. The third kappa shape index (κ3) is 21.0. The van der Waals surface area contributed by atoms with Crippen molar-refractivity contribution in [3.8, 4) is 0 Å². The summed E-state index contributed by atoms with van der Waals surface area (Å²) >= 11 is 0. The van der Waals surface area contributed by atoms with Crippen LogP contribution in [0.25, 0.3) is 10.3 Å². The van der Waals surface area contributed by atoms with E-state index in [1.54, 1.807) is 0 Å². The first-order chi connectivity index (χ1) is 27.7. The van der Waals surface area contributed by atoms with E-state index in [-0.39, 0.29) is 59.1 Å². The molecule has 11 heteroatoms. The second-order valence-corrected chi connectivity index (χ2v) is 18.8. The number of amidine groups is 2.